The molecule has 98 valence electrons. The first-order chi connectivity index (χ1) is 9.02. The summed E-state index contributed by atoms with van der Waals surface area (Å²) in [5.41, 5.74) is 2.95. The van der Waals surface area contributed by atoms with Crippen molar-refractivity contribution in [3.05, 3.63) is 58.2 Å². The van der Waals surface area contributed by atoms with Crippen molar-refractivity contribution in [2.24, 2.45) is 0 Å². The Hall–Kier alpha value is -2.10. The van der Waals surface area contributed by atoms with E-state index in [0.717, 1.165) is 5.56 Å². The molecule has 1 heterocycles. The molecule has 0 aliphatic heterocycles. The number of carbonyl (C=O) groups excluding carboxylic acids is 1. The highest BCUT2D eigenvalue weighted by atomic mass is 19.1. The summed E-state index contributed by atoms with van der Waals surface area (Å²) in [5.74, 6) is -0.613. The number of aryl methyl sites for hydroxylation is 3. The lowest BCUT2D eigenvalue weighted by atomic mass is 9.97. The molecule has 0 bridgehead atoms. The molecule has 19 heavy (non-hydrogen) atoms. The van der Waals surface area contributed by atoms with E-state index in [1.807, 2.05) is 6.92 Å². The third kappa shape index (κ3) is 2.67. The fraction of sp³-hybridized carbons (Fsp3) is 0.267. The topological polar surface area (TPSA) is 42.9 Å². The molecule has 3 nitrogen and oxygen atoms in total. The van der Waals surface area contributed by atoms with E-state index in [0.29, 0.717) is 28.9 Å². The molecule has 0 unspecified atom stereocenters. The molecule has 0 aliphatic rings. The van der Waals surface area contributed by atoms with Gasteiger partial charge in [0.05, 0.1) is 11.4 Å². The second-order valence-electron chi connectivity index (χ2n) is 4.49. The summed E-state index contributed by atoms with van der Waals surface area (Å²) in [7, 11) is 0. The summed E-state index contributed by atoms with van der Waals surface area (Å²) >= 11 is 0. The summed E-state index contributed by atoms with van der Waals surface area (Å²) in [6, 6.07) is 5.93. The maximum absolute atomic E-state index is 13.3. The molecule has 1 aromatic heterocycles. The van der Waals surface area contributed by atoms with Crippen LogP contribution in [0.4, 0.5) is 4.39 Å². The Balaban J connectivity index is 2.55. The highest BCUT2D eigenvalue weighted by molar-refractivity contribution is 6.10. The van der Waals surface area contributed by atoms with Gasteiger partial charge in [0.2, 0.25) is 0 Å². The van der Waals surface area contributed by atoms with Gasteiger partial charge >= 0.3 is 0 Å². The van der Waals surface area contributed by atoms with E-state index in [9.17, 15) is 9.18 Å². The first-order valence-electron chi connectivity index (χ1n) is 6.17. The predicted molar refractivity (Wildman–Crippen MR) is 70.7 cm³/mol. The number of hydrogen-bond donors (Lipinski definition) is 0. The molecular formula is C15H15FN2O. The first-order valence-corrected chi connectivity index (χ1v) is 6.17. The average Bonchev–Trinajstić information content (AvgIpc) is 2.40. The van der Waals surface area contributed by atoms with Crippen LogP contribution in [0.3, 0.4) is 0 Å². The number of ketones is 1. The summed E-state index contributed by atoms with van der Waals surface area (Å²) in [5, 5.41) is 7.98. The van der Waals surface area contributed by atoms with Crippen LogP contribution in [-0.4, -0.2) is 16.0 Å². The van der Waals surface area contributed by atoms with Crippen molar-refractivity contribution < 1.29 is 9.18 Å². The minimum absolute atomic E-state index is 0.202. The van der Waals surface area contributed by atoms with Crippen LogP contribution in [0.2, 0.25) is 0 Å². The van der Waals surface area contributed by atoms with E-state index in [2.05, 4.69) is 10.2 Å². The maximum atomic E-state index is 13.3. The van der Waals surface area contributed by atoms with Gasteiger partial charge in [0.15, 0.2) is 5.78 Å². The lowest BCUT2D eigenvalue weighted by Crippen LogP contribution is -2.10. The summed E-state index contributed by atoms with van der Waals surface area (Å²) in [6.45, 7) is 5.48. The molecule has 0 aliphatic carbocycles. The Morgan fingerprint density at radius 1 is 1.16 bits per heavy atom. The lowest BCUT2D eigenvalue weighted by molar-refractivity contribution is 0.103. The van der Waals surface area contributed by atoms with Gasteiger partial charge in [-0.3, -0.25) is 4.79 Å². The third-order valence-corrected chi connectivity index (χ3v) is 3.02. The Bertz CT molecular complexity index is 638. The standard InChI is InChI=1S/C15H15FN2O/c1-4-14-13(7-10(3)17-18-14)15(19)12-8-11(16)6-5-9(12)2/h5-8H,4H2,1-3H3. The second-order valence-corrected chi connectivity index (χ2v) is 4.49. The molecular weight excluding hydrogens is 243 g/mol. The number of nitrogens with zero attached hydrogens (tertiary/aromatic N) is 2. The minimum Gasteiger partial charge on any atom is -0.289 e. The van der Waals surface area contributed by atoms with E-state index < -0.39 is 5.82 Å². The van der Waals surface area contributed by atoms with Crippen LogP contribution in [0.25, 0.3) is 0 Å². The molecule has 1 aromatic carbocycles. The highest BCUT2D eigenvalue weighted by Gasteiger charge is 2.17. The Morgan fingerprint density at radius 3 is 2.58 bits per heavy atom. The quantitative estimate of drug-likeness (QED) is 0.795. The van der Waals surface area contributed by atoms with Crippen LogP contribution in [0.5, 0.6) is 0 Å². The molecule has 4 heteroatoms. The number of aromatic nitrogens is 2. The Morgan fingerprint density at radius 2 is 1.89 bits per heavy atom. The van der Waals surface area contributed by atoms with Gasteiger partial charge in [0.1, 0.15) is 5.82 Å². The van der Waals surface area contributed by atoms with Gasteiger partial charge in [0.25, 0.3) is 0 Å². The van der Waals surface area contributed by atoms with E-state index in [1.54, 1.807) is 26.0 Å². The van der Waals surface area contributed by atoms with Crippen LogP contribution in [0.15, 0.2) is 24.3 Å². The van der Waals surface area contributed by atoms with Crippen molar-refractivity contribution in [3.8, 4) is 0 Å². The summed E-state index contributed by atoms with van der Waals surface area (Å²) < 4.78 is 13.3. The van der Waals surface area contributed by atoms with Crippen molar-refractivity contribution in [2.75, 3.05) is 0 Å². The molecule has 0 radical (unpaired) electrons. The van der Waals surface area contributed by atoms with Crippen LogP contribution in [0, 0.1) is 19.7 Å². The second kappa shape index (κ2) is 5.26. The van der Waals surface area contributed by atoms with Crippen molar-refractivity contribution in [1.29, 1.82) is 0 Å². The van der Waals surface area contributed by atoms with Crippen molar-refractivity contribution in [2.45, 2.75) is 27.2 Å². The number of hydrogen-bond acceptors (Lipinski definition) is 3. The zero-order valence-electron chi connectivity index (χ0n) is 11.2. The highest BCUT2D eigenvalue weighted by Crippen LogP contribution is 2.18. The van der Waals surface area contributed by atoms with Gasteiger partial charge in [-0.25, -0.2) is 4.39 Å². The van der Waals surface area contributed by atoms with Gasteiger partial charge in [-0.15, -0.1) is 0 Å². The van der Waals surface area contributed by atoms with Crippen LogP contribution in [-0.2, 0) is 6.42 Å². The molecule has 0 fully saturated rings. The minimum atomic E-state index is -0.411. The van der Waals surface area contributed by atoms with Gasteiger partial charge in [-0.1, -0.05) is 13.0 Å². The number of halogens is 1. The SMILES string of the molecule is CCc1nnc(C)cc1C(=O)c1cc(F)ccc1C. The van der Waals surface area contributed by atoms with Crippen LogP contribution >= 0.6 is 0 Å². The van der Waals surface area contributed by atoms with Gasteiger partial charge in [-0.05, 0) is 44.0 Å². The first kappa shape index (κ1) is 13.3. The fourth-order valence-corrected chi connectivity index (χ4v) is 1.96. The largest absolute Gasteiger partial charge is 0.289 e. The monoisotopic (exact) mass is 258 g/mol. The normalized spacial score (nSPS) is 10.5. The molecule has 0 amide bonds. The molecule has 2 rings (SSSR count). The molecule has 0 saturated carbocycles. The molecule has 0 atom stereocenters. The van der Waals surface area contributed by atoms with Crippen LogP contribution in [0.1, 0.15) is 39.8 Å². The van der Waals surface area contributed by atoms with E-state index in [4.69, 9.17) is 0 Å². The zero-order chi connectivity index (χ0) is 14.0. The number of benzene rings is 1. The van der Waals surface area contributed by atoms with Gasteiger partial charge in [0, 0.05) is 11.1 Å². The maximum Gasteiger partial charge on any atom is 0.195 e. The van der Waals surface area contributed by atoms with Crippen molar-refractivity contribution in [3.63, 3.8) is 0 Å². The summed E-state index contributed by atoms with van der Waals surface area (Å²) in [4.78, 5) is 12.5. The van der Waals surface area contributed by atoms with Crippen molar-refractivity contribution in [1.82, 2.24) is 10.2 Å². The third-order valence-electron chi connectivity index (χ3n) is 3.02. The zero-order valence-corrected chi connectivity index (χ0v) is 11.2. The van der Waals surface area contributed by atoms with Crippen LogP contribution < -0.4 is 0 Å². The summed E-state index contributed by atoms with van der Waals surface area (Å²) in [6.07, 6.45) is 0.614. The average molecular weight is 258 g/mol. The van der Waals surface area contributed by atoms with E-state index in [1.165, 1.54) is 12.1 Å². The molecule has 0 spiro atoms. The molecule has 0 N–H and O–H groups in total. The molecule has 2 aromatic rings. The van der Waals surface area contributed by atoms with Gasteiger partial charge < -0.3 is 0 Å². The fourth-order valence-electron chi connectivity index (χ4n) is 1.96. The van der Waals surface area contributed by atoms with Gasteiger partial charge in [-0.2, -0.15) is 10.2 Å². The Kier molecular flexibility index (Phi) is 3.69. The van der Waals surface area contributed by atoms with E-state index >= 15 is 0 Å². The lowest BCUT2D eigenvalue weighted by Gasteiger charge is -2.08. The van der Waals surface area contributed by atoms with E-state index in [-0.39, 0.29) is 5.78 Å². The Labute approximate surface area is 111 Å². The number of rotatable bonds is 3. The van der Waals surface area contributed by atoms with Crippen molar-refractivity contribution >= 4 is 5.78 Å². The molecule has 0 saturated heterocycles. The smallest absolute Gasteiger partial charge is 0.195 e. The number of carbonyl (C=O) groups is 1. The predicted octanol–water partition coefficient (Wildman–Crippen LogP) is 3.03.